The van der Waals surface area contributed by atoms with E-state index in [1.807, 2.05) is 11.3 Å². The molecule has 0 spiro atoms. The van der Waals surface area contributed by atoms with Gasteiger partial charge >= 0.3 is 0 Å². The van der Waals surface area contributed by atoms with Crippen LogP contribution < -0.4 is 0 Å². The fraction of sp³-hybridized carbons (Fsp3) is 0. The van der Waals surface area contributed by atoms with Crippen molar-refractivity contribution in [3.63, 3.8) is 0 Å². The molecule has 0 N–H and O–H groups in total. The molecule has 11 rings (SSSR count). The molecule has 8 aromatic carbocycles. The molecule has 0 saturated heterocycles. The van der Waals surface area contributed by atoms with E-state index < -0.39 is 0 Å². The molecule has 0 amide bonds. The molecule has 0 radical (unpaired) electrons. The van der Waals surface area contributed by atoms with Crippen LogP contribution in [0, 0.1) is 0 Å². The number of aromatic nitrogens is 3. The smallest absolute Gasteiger partial charge is 0.235 e. The molecule has 0 bridgehead atoms. The second-order valence-corrected chi connectivity index (χ2v) is 13.9. The first-order chi connectivity index (χ1) is 24.8. The Balaban J connectivity index is 1.45. The number of thiophene rings is 1. The fourth-order valence-electron chi connectivity index (χ4n) is 8.07. The maximum atomic E-state index is 5.46. The van der Waals surface area contributed by atoms with Gasteiger partial charge in [0, 0.05) is 42.8 Å². The summed E-state index contributed by atoms with van der Waals surface area (Å²) in [6.07, 6.45) is 0. The summed E-state index contributed by atoms with van der Waals surface area (Å²) >= 11 is 1.87. The van der Waals surface area contributed by atoms with Gasteiger partial charge in [-0.15, -0.1) is 11.3 Å². The maximum absolute atomic E-state index is 5.46. The topological polar surface area (TPSA) is 30.7 Å². The van der Waals surface area contributed by atoms with Crippen LogP contribution in [0.3, 0.4) is 0 Å². The Morgan fingerprint density at radius 3 is 1.44 bits per heavy atom. The Hall–Kier alpha value is -6.36. The molecule has 3 aromatic heterocycles. The van der Waals surface area contributed by atoms with Crippen molar-refractivity contribution in [2.75, 3.05) is 0 Å². The Kier molecular flexibility index (Phi) is 5.83. The highest BCUT2D eigenvalue weighted by molar-refractivity contribution is 7.27. The normalized spacial score (nSPS) is 12.0. The van der Waals surface area contributed by atoms with Gasteiger partial charge in [0.2, 0.25) is 5.95 Å². The molecule has 0 aliphatic rings. The van der Waals surface area contributed by atoms with Crippen molar-refractivity contribution in [3.8, 4) is 28.5 Å². The van der Waals surface area contributed by atoms with Crippen LogP contribution in [0.5, 0.6) is 0 Å². The lowest BCUT2D eigenvalue weighted by Gasteiger charge is -2.14. The predicted molar refractivity (Wildman–Crippen MR) is 213 cm³/mol. The fourth-order valence-corrected chi connectivity index (χ4v) is 9.33. The highest BCUT2D eigenvalue weighted by Gasteiger charge is 2.26. The molecule has 0 aliphatic heterocycles. The zero-order chi connectivity index (χ0) is 32.8. The van der Waals surface area contributed by atoms with Crippen LogP contribution in [0.2, 0.25) is 0 Å². The quantitative estimate of drug-likeness (QED) is 0.178. The third-order valence-corrected chi connectivity index (χ3v) is 11.3. The Morgan fingerprint density at radius 2 is 0.820 bits per heavy atom. The molecule has 3 heterocycles. The predicted octanol–water partition coefficient (Wildman–Crippen LogP) is 12.7. The van der Waals surface area contributed by atoms with Gasteiger partial charge in [-0.2, -0.15) is 0 Å². The highest BCUT2D eigenvalue weighted by atomic mass is 32.1. The van der Waals surface area contributed by atoms with E-state index in [-0.39, 0.29) is 0 Å². The van der Waals surface area contributed by atoms with Crippen LogP contribution in [-0.4, -0.2) is 14.5 Å². The molecule has 0 unspecified atom stereocenters. The average Bonchev–Trinajstić information content (AvgIpc) is 3.76. The van der Waals surface area contributed by atoms with Crippen LogP contribution in [0.4, 0.5) is 0 Å². The molecule has 4 heteroatoms. The molecule has 11 aromatic rings. The number of benzene rings is 8. The lowest BCUT2D eigenvalue weighted by Crippen LogP contribution is -2.04. The summed E-state index contributed by atoms with van der Waals surface area (Å²) in [5.74, 6) is 0.666. The van der Waals surface area contributed by atoms with Crippen molar-refractivity contribution >= 4 is 85.6 Å². The van der Waals surface area contributed by atoms with E-state index in [9.17, 15) is 0 Å². The summed E-state index contributed by atoms with van der Waals surface area (Å²) in [7, 11) is 0. The van der Waals surface area contributed by atoms with E-state index in [1.165, 1.54) is 63.3 Å². The van der Waals surface area contributed by atoms with Crippen LogP contribution in [0.25, 0.3) is 103 Å². The lowest BCUT2D eigenvalue weighted by molar-refractivity contribution is 1.00. The van der Waals surface area contributed by atoms with Crippen LogP contribution in [-0.2, 0) is 0 Å². The van der Waals surface area contributed by atoms with Gasteiger partial charge in [0.05, 0.1) is 27.1 Å². The van der Waals surface area contributed by atoms with Crippen molar-refractivity contribution in [3.05, 3.63) is 164 Å². The summed E-state index contributed by atoms with van der Waals surface area (Å²) in [6.45, 7) is 0. The molecule has 3 nitrogen and oxygen atoms in total. The largest absolute Gasteiger partial charge is 0.276 e. The van der Waals surface area contributed by atoms with Gasteiger partial charge in [-0.05, 0) is 39.1 Å². The zero-order valence-electron chi connectivity index (χ0n) is 26.8. The van der Waals surface area contributed by atoms with Gasteiger partial charge in [-0.25, -0.2) is 9.97 Å². The Morgan fingerprint density at radius 1 is 0.380 bits per heavy atom. The van der Waals surface area contributed by atoms with Crippen molar-refractivity contribution in [1.82, 2.24) is 14.5 Å². The molecular formula is C46H27N3S. The first kappa shape index (κ1) is 27.6. The van der Waals surface area contributed by atoms with E-state index in [0.717, 1.165) is 33.5 Å². The second-order valence-electron chi connectivity index (χ2n) is 12.9. The van der Waals surface area contributed by atoms with Crippen molar-refractivity contribution in [2.24, 2.45) is 0 Å². The van der Waals surface area contributed by atoms with E-state index in [0.29, 0.717) is 5.95 Å². The van der Waals surface area contributed by atoms with Crippen LogP contribution >= 0.6 is 11.3 Å². The Labute approximate surface area is 291 Å². The highest BCUT2D eigenvalue weighted by Crippen LogP contribution is 2.50. The monoisotopic (exact) mass is 653 g/mol. The number of hydrogen-bond acceptors (Lipinski definition) is 3. The van der Waals surface area contributed by atoms with Gasteiger partial charge in [-0.3, -0.25) is 4.57 Å². The summed E-state index contributed by atoms with van der Waals surface area (Å²) in [5.41, 5.74) is 6.18. The van der Waals surface area contributed by atoms with Crippen molar-refractivity contribution in [2.45, 2.75) is 0 Å². The molecule has 0 saturated carbocycles. The first-order valence-corrected chi connectivity index (χ1v) is 17.7. The summed E-state index contributed by atoms with van der Waals surface area (Å²) in [5, 5.41) is 12.4. The molecule has 0 atom stereocenters. The minimum absolute atomic E-state index is 0.666. The van der Waals surface area contributed by atoms with Gasteiger partial charge < -0.3 is 0 Å². The van der Waals surface area contributed by atoms with Crippen LogP contribution in [0.1, 0.15) is 0 Å². The summed E-state index contributed by atoms with van der Waals surface area (Å²) in [6, 6.07) is 58.5. The number of rotatable bonds is 3. The van der Waals surface area contributed by atoms with E-state index >= 15 is 0 Å². The standard InChI is InChI=1S/C46H27N3S/c1-3-15-28(16-4-1)37-27-38(29-17-5-2-6-18-29)48-46(47-37)49-43-35-24-12-8-20-31(35)30-19-7-9-21-32(30)41(43)42-34-23-11-10-22-33(34)40-36-25-13-14-26-39(36)50-45(40)44(42)49/h1-27H. The van der Waals surface area contributed by atoms with Crippen molar-refractivity contribution in [1.29, 1.82) is 0 Å². The number of nitrogens with zero attached hydrogens (tertiary/aromatic N) is 3. The van der Waals surface area contributed by atoms with Gasteiger partial charge in [0.1, 0.15) is 0 Å². The SMILES string of the molecule is c1ccc(-c2cc(-c3ccccc3)nc(-n3c4c5ccccc5c5ccccc5c4c4c5ccccc5c5c6ccccc6sc5c43)n2)cc1. The number of fused-ring (bicyclic) bond motifs is 15. The third-order valence-electron chi connectivity index (χ3n) is 10.2. The summed E-state index contributed by atoms with van der Waals surface area (Å²) < 4.78 is 4.91. The number of hydrogen-bond donors (Lipinski definition) is 0. The van der Waals surface area contributed by atoms with Crippen molar-refractivity contribution < 1.29 is 0 Å². The van der Waals surface area contributed by atoms with Gasteiger partial charge in [0.25, 0.3) is 0 Å². The van der Waals surface area contributed by atoms with Gasteiger partial charge in [0.15, 0.2) is 0 Å². The minimum atomic E-state index is 0.666. The molecule has 0 fully saturated rings. The maximum Gasteiger partial charge on any atom is 0.235 e. The van der Waals surface area contributed by atoms with E-state index in [4.69, 9.17) is 9.97 Å². The first-order valence-electron chi connectivity index (χ1n) is 16.9. The van der Waals surface area contributed by atoms with E-state index in [2.05, 4.69) is 168 Å². The van der Waals surface area contributed by atoms with Crippen LogP contribution in [0.15, 0.2) is 164 Å². The molecular weight excluding hydrogens is 627 g/mol. The summed E-state index contributed by atoms with van der Waals surface area (Å²) in [4.78, 5) is 10.9. The lowest BCUT2D eigenvalue weighted by atomic mass is 9.94. The molecule has 50 heavy (non-hydrogen) atoms. The molecule has 0 aliphatic carbocycles. The zero-order valence-corrected chi connectivity index (χ0v) is 27.7. The second kappa shape index (κ2) is 10.6. The third kappa shape index (κ3) is 3.85. The van der Waals surface area contributed by atoms with E-state index in [1.54, 1.807) is 0 Å². The Bertz CT molecular complexity index is 3080. The van der Waals surface area contributed by atoms with Gasteiger partial charge in [-0.1, -0.05) is 152 Å². The minimum Gasteiger partial charge on any atom is -0.276 e. The molecule has 232 valence electrons. The average molecular weight is 654 g/mol.